The van der Waals surface area contributed by atoms with Crippen LogP contribution in [-0.2, 0) is 17.6 Å². The number of thioether (sulfide) groups is 1. The monoisotopic (exact) mass is 323 g/mol. The van der Waals surface area contributed by atoms with Crippen molar-refractivity contribution in [2.75, 3.05) is 12.0 Å². The molecule has 0 radical (unpaired) electrons. The highest BCUT2D eigenvalue weighted by atomic mass is 32.2. The summed E-state index contributed by atoms with van der Waals surface area (Å²) in [5.74, 6) is 0.259. The zero-order chi connectivity index (χ0) is 16.4. The van der Waals surface area contributed by atoms with Gasteiger partial charge in [0, 0.05) is 6.42 Å². The zero-order valence-corrected chi connectivity index (χ0v) is 14.2. The third-order valence-electron chi connectivity index (χ3n) is 3.56. The quantitative estimate of drug-likeness (QED) is 0.454. The molecule has 4 nitrogen and oxygen atoms in total. The predicted octanol–water partition coefficient (Wildman–Crippen LogP) is 1.82. The van der Waals surface area contributed by atoms with Gasteiger partial charge in [0.05, 0.1) is 5.94 Å². The lowest BCUT2D eigenvalue weighted by Crippen LogP contribution is -2.47. The van der Waals surface area contributed by atoms with Crippen LogP contribution in [0.25, 0.3) is 0 Å². The molecule has 1 atom stereocenters. The van der Waals surface area contributed by atoms with Gasteiger partial charge in [0.15, 0.2) is 0 Å². The second-order valence-corrected chi connectivity index (χ2v) is 6.40. The minimum atomic E-state index is -1.56. The first-order valence-electron chi connectivity index (χ1n) is 7.79. The maximum atomic E-state index is 11.9. The third-order valence-corrected chi connectivity index (χ3v) is 4.26. The van der Waals surface area contributed by atoms with Crippen molar-refractivity contribution in [1.29, 1.82) is 0 Å². The van der Waals surface area contributed by atoms with Crippen molar-refractivity contribution < 1.29 is 14.8 Å². The number of rotatable bonds is 10. The second-order valence-electron chi connectivity index (χ2n) is 5.42. The molecule has 0 aromatic heterocycles. The number of aryl methyl sites for hydroxylation is 1. The average Bonchev–Trinajstić information content (AvgIpc) is 2.51. The van der Waals surface area contributed by atoms with E-state index >= 15 is 0 Å². The summed E-state index contributed by atoms with van der Waals surface area (Å²) in [6, 6.07) is 7.98. The molecule has 0 aliphatic heterocycles. The van der Waals surface area contributed by atoms with Crippen LogP contribution in [0.15, 0.2) is 24.3 Å². The summed E-state index contributed by atoms with van der Waals surface area (Å²) >= 11 is 1.77. The van der Waals surface area contributed by atoms with E-state index in [-0.39, 0.29) is 5.91 Å². The molecular formula is C16H26BNO3S. The molecule has 0 bridgehead atoms. The molecule has 0 fully saturated rings. The maximum Gasteiger partial charge on any atom is 0.475 e. The average molecular weight is 323 g/mol. The number of carbonyl (C=O) groups is 1. The minimum Gasteiger partial charge on any atom is -0.426 e. The lowest BCUT2D eigenvalue weighted by molar-refractivity contribution is -0.121. The first kappa shape index (κ1) is 19.1. The van der Waals surface area contributed by atoms with Gasteiger partial charge in [-0.2, -0.15) is 11.8 Å². The van der Waals surface area contributed by atoms with Crippen molar-refractivity contribution in [1.82, 2.24) is 5.32 Å². The largest absolute Gasteiger partial charge is 0.475 e. The van der Waals surface area contributed by atoms with E-state index in [0.717, 1.165) is 30.6 Å². The van der Waals surface area contributed by atoms with E-state index in [4.69, 9.17) is 0 Å². The van der Waals surface area contributed by atoms with Crippen LogP contribution < -0.4 is 5.32 Å². The fourth-order valence-electron chi connectivity index (χ4n) is 2.27. The molecular weight excluding hydrogens is 297 g/mol. The SMILES string of the molecule is CCc1cccc(C[C@H](NC(=O)CCCCSC)B(O)O)c1. The van der Waals surface area contributed by atoms with Crippen LogP contribution >= 0.6 is 11.8 Å². The van der Waals surface area contributed by atoms with E-state index < -0.39 is 13.1 Å². The molecule has 1 rings (SSSR count). The molecule has 6 heteroatoms. The summed E-state index contributed by atoms with van der Waals surface area (Å²) in [5.41, 5.74) is 2.20. The molecule has 0 spiro atoms. The Morgan fingerprint density at radius 1 is 1.32 bits per heavy atom. The van der Waals surface area contributed by atoms with Crippen LogP contribution in [0.4, 0.5) is 0 Å². The summed E-state index contributed by atoms with van der Waals surface area (Å²) in [6.07, 6.45) is 5.65. The summed E-state index contributed by atoms with van der Waals surface area (Å²) in [5, 5.41) is 21.7. The molecule has 0 saturated carbocycles. The normalized spacial score (nSPS) is 12.0. The fraction of sp³-hybridized carbons (Fsp3) is 0.562. The number of hydrogen-bond acceptors (Lipinski definition) is 4. The van der Waals surface area contributed by atoms with Crippen molar-refractivity contribution >= 4 is 24.8 Å². The Morgan fingerprint density at radius 2 is 2.05 bits per heavy atom. The van der Waals surface area contributed by atoms with Crippen molar-refractivity contribution in [3.05, 3.63) is 35.4 Å². The van der Waals surface area contributed by atoms with Crippen LogP contribution in [0.3, 0.4) is 0 Å². The summed E-state index contributed by atoms with van der Waals surface area (Å²) in [6.45, 7) is 2.08. The van der Waals surface area contributed by atoms with E-state index in [1.165, 1.54) is 5.56 Å². The van der Waals surface area contributed by atoms with Gasteiger partial charge in [-0.1, -0.05) is 31.2 Å². The van der Waals surface area contributed by atoms with E-state index in [0.29, 0.717) is 12.8 Å². The third kappa shape index (κ3) is 7.34. The predicted molar refractivity (Wildman–Crippen MR) is 93.9 cm³/mol. The first-order chi connectivity index (χ1) is 10.6. The van der Waals surface area contributed by atoms with Crippen molar-refractivity contribution in [2.45, 2.75) is 45.0 Å². The number of carbonyl (C=O) groups excluding carboxylic acids is 1. The minimum absolute atomic E-state index is 0.120. The Morgan fingerprint density at radius 3 is 2.68 bits per heavy atom. The topological polar surface area (TPSA) is 69.6 Å². The smallest absolute Gasteiger partial charge is 0.426 e. The van der Waals surface area contributed by atoms with Crippen molar-refractivity contribution in [3.8, 4) is 0 Å². The molecule has 0 unspecified atom stereocenters. The van der Waals surface area contributed by atoms with Crippen molar-refractivity contribution in [2.24, 2.45) is 0 Å². The van der Waals surface area contributed by atoms with E-state index in [2.05, 4.69) is 12.2 Å². The van der Waals surface area contributed by atoms with Gasteiger partial charge in [0.1, 0.15) is 0 Å². The van der Waals surface area contributed by atoms with Crippen LogP contribution in [0.5, 0.6) is 0 Å². The van der Waals surface area contributed by atoms with Gasteiger partial charge in [-0.15, -0.1) is 0 Å². The van der Waals surface area contributed by atoms with Crippen molar-refractivity contribution in [3.63, 3.8) is 0 Å². The summed E-state index contributed by atoms with van der Waals surface area (Å²) in [7, 11) is -1.56. The summed E-state index contributed by atoms with van der Waals surface area (Å²) in [4.78, 5) is 11.9. The van der Waals surface area contributed by atoms with E-state index in [9.17, 15) is 14.8 Å². The first-order valence-corrected chi connectivity index (χ1v) is 9.18. The Kier molecular flexibility index (Phi) is 9.28. The van der Waals surface area contributed by atoms with Gasteiger partial charge in [-0.3, -0.25) is 4.79 Å². The molecule has 0 aliphatic carbocycles. The maximum absolute atomic E-state index is 11.9. The van der Waals surface area contributed by atoms with Crippen LogP contribution in [0.1, 0.15) is 37.3 Å². The van der Waals surface area contributed by atoms with Gasteiger partial charge >= 0.3 is 7.12 Å². The van der Waals surface area contributed by atoms with Gasteiger partial charge in [-0.25, -0.2) is 0 Å². The highest BCUT2D eigenvalue weighted by Gasteiger charge is 2.25. The lowest BCUT2D eigenvalue weighted by atomic mass is 9.75. The molecule has 122 valence electrons. The fourth-order valence-corrected chi connectivity index (χ4v) is 2.77. The van der Waals surface area contributed by atoms with Gasteiger partial charge < -0.3 is 15.4 Å². The van der Waals surface area contributed by atoms with E-state index in [1.807, 2.05) is 30.5 Å². The Bertz CT molecular complexity index is 457. The Hall–Kier alpha value is -0.975. The number of unbranched alkanes of at least 4 members (excludes halogenated alkanes) is 1. The highest BCUT2D eigenvalue weighted by molar-refractivity contribution is 7.98. The lowest BCUT2D eigenvalue weighted by Gasteiger charge is -2.18. The Balaban J connectivity index is 2.52. The molecule has 0 saturated heterocycles. The Labute approximate surface area is 137 Å². The van der Waals surface area contributed by atoms with Crippen LogP contribution in [0.2, 0.25) is 0 Å². The summed E-state index contributed by atoms with van der Waals surface area (Å²) < 4.78 is 0. The van der Waals surface area contributed by atoms with Crippen LogP contribution in [0, 0.1) is 0 Å². The molecule has 0 aliphatic rings. The number of amides is 1. The molecule has 1 aromatic carbocycles. The van der Waals surface area contributed by atoms with Gasteiger partial charge in [0.25, 0.3) is 0 Å². The molecule has 22 heavy (non-hydrogen) atoms. The number of nitrogens with one attached hydrogen (secondary N) is 1. The molecule has 0 heterocycles. The van der Waals surface area contributed by atoms with Gasteiger partial charge in [-0.05, 0) is 48.8 Å². The number of hydrogen-bond donors (Lipinski definition) is 3. The second kappa shape index (κ2) is 10.7. The molecule has 1 aromatic rings. The standard InChI is InChI=1S/C16H26BNO3S/c1-3-13-7-6-8-14(11-13)12-15(17(20)21)18-16(19)9-4-5-10-22-2/h6-8,11,15,20-21H,3-5,9-10,12H2,1-2H3,(H,18,19)/t15-/m0/s1. The molecule has 3 N–H and O–H groups in total. The van der Waals surface area contributed by atoms with Gasteiger partial charge in [0.2, 0.25) is 5.91 Å². The van der Waals surface area contributed by atoms with E-state index in [1.54, 1.807) is 11.8 Å². The van der Waals surface area contributed by atoms with Crippen LogP contribution in [-0.4, -0.2) is 41.0 Å². The highest BCUT2D eigenvalue weighted by Crippen LogP contribution is 2.10. The molecule has 1 amide bonds. The zero-order valence-electron chi connectivity index (χ0n) is 13.4. The number of benzene rings is 1.